The summed E-state index contributed by atoms with van der Waals surface area (Å²) in [5, 5.41) is 3.07. The second kappa shape index (κ2) is 5.02. The largest absolute Gasteiger partial charge is 0.318 e. The van der Waals surface area contributed by atoms with E-state index < -0.39 is 10.0 Å². The molecule has 1 unspecified atom stereocenters. The molecule has 1 saturated heterocycles. The zero-order valence-electron chi connectivity index (χ0n) is 10.8. The molecule has 0 saturated carbocycles. The van der Waals surface area contributed by atoms with Crippen LogP contribution < -0.4 is 5.32 Å². The molecule has 0 bridgehead atoms. The molecule has 16 heavy (non-hydrogen) atoms. The number of hydrogen-bond donors (Lipinski definition) is 1. The van der Waals surface area contributed by atoms with Crippen LogP contribution in [0.1, 0.15) is 33.6 Å². The lowest BCUT2D eigenvalue weighted by atomic mass is 10.0. The van der Waals surface area contributed by atoms with Crippen LogP contribution >= 0.6 is 0 Å². The van der Waals surface area contributed by atoms with Crippen LogP contribution in [-0.2, 0) is 10.0 Å². The van der Waals surface area contributed by atoms with E-state index in [2.05, 4.69) is 5.32 Å². The summed E-state index contributed by atoms with van der Waals surface area (Å²) in [5.74, 6) is 0.236. The van der Waals surface area contributed by atoms with Crippen molar-refractivity contribution in [1.29, 1.82) is 0 Å². The number of likely N-dealkylation sites (N-methyl/N-ethyl adjacent to an activating group) is 1. The molecule has 1 aliphatic rings. The minimum Gasteiger partial charge on any atom is -0.318 e. The monoisotopic (exact) mass is 248 g/mol. The van der Waals surface area contributed by atoms with Crippen molar-refractivity contribution in [2.75, 3.05) is 25.9 Å². The Hall–Kier alpha value is -0.130. The number of nitrogens with zero attached hydrogens (tertiary/aromatic N) is 1. The Morgan fingerprint density at radius 1 is 1.38 bits per heavy atom. The molecule has 1 atom stereocenters. The van der Waals surface area contributed by atoms with E-state index in [0.29, 0.717) is 6.54 Å². The van der Waals surface area contributed by atoms with Gasteiger partial charge in [0, 0.05) is 19.1 Å². The Balaban J connectivity index is 2.75. The molecule has 1 N–H and O–H groups in total. The highest BCUT2D eigenvalue weighted by molar-refractivity contribution is 7.89. The van der Waals surface area contributed by atoms with E-state index in [1.165, 1.54) is 0 Å². The summed E-state index contributed by atoms with van der Waals surface area (Å²) >= 11 is 0. The van der Waals surface area contributed by atoms with Gasteiger partial charge in [-0.2, -0.15) is 4.31 Å². The lowest BCUT2D eigenvalue weighted by molar-refractivity contribution is 0.364. The standard InChI is InChI=1S/C11H24N2O2S/c1-11(2,3)9-16(14,15)13-7-5-6-10(13)8-12-4/h10,12H,5-9H2,1-4H3. The van der Waals surface area contributed by atoms with Gasteiger partial charge in [0.05, 0.1) is 5.75 Å². The number of sulfonamides is 1. The molecule has 0 aliphatic carbocycles. The van der Waals surface area contributed by atoms with Crippen LogP contribution in [0.5, 0.6) is 0 Å². The van der Waals surface area contributed by atoms with Gasteiger partial charge in [-0.3, -0.25) is 0 Å². The highest BCUT2D eigenvalue weighted by atomic mass is 32.2. The molecule has 5 heteroatoms. The van der Waals surface area contributed by atoms with Crippen molar-refractivity contribution in [2.24, 2.45) is 5.41 Å². The third kappa shape index (κ3) is 3.71. The van der Waals surface area contributed by atoms with E-state index in [1.807, 2.05) is 27.8 Å². The minimum atomic E-state index is -3.10. The molecule has 1 heterocycles. The normalized spacial score (nSPS) is 23.9. The maximum Gasteiger partial charge on any atom is 0.214 e. The van der Waals surface area contributed by atoms with Crippen LogP contribution in [-0.4, -0.2) is 44.7 Å². The number of rotatable bonds is 4. The van der Waals surface area contributed by atoms with Gasteiger partial charge in [-0.25, -0.2) is 8.42 Å². The molecule has 0 amide bonds. The Labute approximate surface area is 99.5 Å². The second-order valence-corrected chi connectivity index (χ2v) is 7.70. The summed E-state index contributed by atoms with van der Waals surface area (Å²) in [5.41, 5.74) is -0.175. The molecule has 0 aromatic carbocycles. The summed E-state index contributed by atoms with van der Waals surface area (Å²) in [6.07, 6.45) is 1.96. The Morgan fingerprint density at radius 2 is 2.00 bits per heavy atom. The fourth-order valence-corrected chi connectivity index (χ4v) is 4.55. The molecule has 96 valence electrons. The SMILES string of the molecule is CNCC1CCCN1S(=O)(=O)CC(C)(C)C. The third-order valence-corrected chi connectivity index (χ3v) is 5.16. The van der Waals surface area contributed by atoms with Gasteiger partial charge in [0.25, 0.3) is 0 Å². The average Bonchev–Trinajstić information content (AvgIpc) is 2.48. The highest BCUT2D eigenvalue weighted by Gasteiger charge is 2.35. The van der Waals surface area contributed by atoms with Crippen LogP contribution in [0.2, 0.25) is 0 Å². The fourth-order valence-electron chi connectivity index (χ4n) is 2.25. The summed E-state index contributed by atoms with van der Waals surface area (Å²) in [4.78, 5) is 0. The third-order valence-electron chi connectivity index (χ3n) is 2.74. The summed E-state index contributed by atoms with van der Waals surface area (Å²) in [6, 6.07) is 0.150. The molecule has 0 aromatic heterocycles. The average molecular weight is 248 g/mol. The highest BCUT2D eigenvalue weighted by Crippen LogP contribution is 2.25. The van der Waals surface area contributed by atoms with E-state index >= 15 is 0 Å². The predicted octanol–water partition coefficient (Wildman–Crippen LogP) is 1.05. The molecule has 0 radical (unpaired) electrons. The first kappa shape index (κ1) is 13.9. The van der Waals surface area contributed by atoms with Gasteiger partial charge < -0.3 is 5.32 Å². The van der Waals surface area contributed by atoms with Gasteiger partial charge in [-0.05, 0) is 25.3 Å². The first-order valence-electron chi connectivity index (χ1n) is 5.90. The Kier molecular flexibility index (Phi) is 4.37. The van der Waals surface area contributed by atoms with Gasteiger partial charge in [0.2, 0.25) is 10.0 Å². The molecule has 0 spiro atoms. The molecule has 4 nitrogen and oxygen atoms in total. The molecule has 1 rings (SSSR count). The minimum absolute atomic E-state index is 0.150. The smallest absolute Gasteiger partial charge is 0.214 e. The molecule has 0 aromatic rings. The fraction of sp³-hybridized carbons (Fsp3) is 1.00. The summed E-state index contributed by atoms with van der Waals surface area (Å²) < 4.78 is 26.2. The lowest BCUT2D eigenvalue weighted by Gasteiger charge is -2.27. The van der Waals surface area contributed by atoms with Crippen LogP contribution in [0.15, 0.2) is 0 Å². The van der Waals surface area contributed by atoms with Crippen molar-refractivity contribution in [1.82, 2.24) is 9.62 Å². The van der Waals surface area contributed by atoms with Crippen molar-refractivity contribution in [2.45, 2.75) is 39.7 Å². The molecular weight excluding hydrogens is 224 g/mol. The van der Waals surface area contributed by atoms with E-state index in [0.717, 1.165) is 19.4 Å². The van der Waals surface area contributed by atoms with E-state index in [-0.39, 0.29) is 17.2 Å². The number of nitrogens with one attached hydrogen (secondary N) is 1. The molecule has 1 fully saturated rings. The summed E-state index contributed by atoms with van der Waals surface area (Å²) in [7, 11) is -1.23. The zero-order chi connectivity index (χ0) is 12.4. The van der Waals surface area contributed by atoms with E-state index in [1.54, 1.807) is 4.31 Å². The Morgan fingerprint density at radius 3 is 2.50 bits per heavy atom. The molecule has 1 aliphatic heterocycles. The topological polar surface area (TPSA) is 49.4 Å². The van der Waals surface area contributed by atoms with Crippen molar-refractivity contribution in [3.63, 3.8) is 0 Å². The maximum absolute atomic E-state index is 12.2. The summed E-state index contributed by atoms with van der Waals surface area (Å²) in [6.45, 7) is 7.34. The Bertz CT molecular complexity index is 319. The van der Waals surface area contributed by atoms with Gasteiger partial charge in [-0.15, -0.1) is 0 Å². The van der Waals surface area contributed by atoms with E-state index in [4.69, 9.17) is 0 Å². The predicted molar refractivity (Wildman–Crippen MR) is 66.9 cm³/mol. The zero-order valence-corrected chi connectivity index (χ0v) is 11.6. The van der Waals surface area contributed by atoms with Gasteiger partial charge in [0.1, 0.15) is 0 Å². The molecular formula is C11H24N2O2S. The van der Waals surface area contributed by atoms with Crippen molar-refractivity contribution in [3.8, 4) is 0 Å². The van der Waals surface area contributed by atoms with Gasteiger partial charge in [0.15, 0.2) is 0 Å². The first-order chi connectivity index (χ1) is 7.26. The first-order valence-corrected chi connectivity index (χ1v) is 7.51. The van der Waals surface area contributed by atoms with Crippen molar-refractivity contribution in [3.05, 3.63) is 0 Å². The van der Waals surface area contributed by atoms with Crippen molar-refractivity contribution < 1.29 is 8.42 Å². The second-order valence-electron chi connectivity index (χ2n) is 5.78. The van der Waals surface area contributed by atoms with Crippen LogP contribution in [0.4, 0.5) is 0 Å². The van der Waals surface area contributed by atoms with Crippen LogP contribution in [0, 0.1) is 5.41 Å². The van der Waals surface area contributed by atoms with Gasteiger partial charge in [-0.1, -0.05) is 20.8 Å². The van der Waals surface area contributed by atoms with Crippen molar-refractivity contribution >= 4 is 10.0 Å². The van der Waals surface area contributed by atoms with Crippen LogP contribution in [0.3, 0.4) is 0 Å². The van der Waals surface area contributed by atoms with Gasteiger partial charge >= 0.3 is 0 Å². The lowest BCUT2D eigenvalue weighted by Crippen LogP contribution is -2.43. The number of hydrogen-bond acceptors (Lipinski definition) is 3. The quantitative estimate of drug-likeness (QED) is 0.809. The van der Waals surface area contributed by atoms with E-state index in [9.17, 15) is 8.42 Å². The van der Waals surface area contributed by atoms with Crippen LogP contribution in [0.25, 0.3) is 0 Å². The maximum atomic E-state index is 12.2.